The van der Waals surface area contributed by atoms with Crippen LogP contribution < -0.4 is 20.8 Å². The molecule has 1 aliphatic heterocycles. The monoisotopic (exact) mass is 451 g/mol. The maximum absolute atomic E-state index is 13.0. The molecule has 0 saturated carbocycles. The van der Waals surface area contributed by atoms with Crippen LogP contribution in [-0.4, -0.2) is 31.7 Å². The van der Waals surface area contributed by atoms with Crippen LogP contribution in [0.5, 0.6) is 0 Å². The number of aryl methyl sites for hydroxylation is 1. The van der Waals surface area contributed by atoms with Crippen LogP contribution in [-0.2, 0) is 14.8 Å². The van der Waals surface area contributed by atoms with Gasteiger partial charge in [-0.2, -0.15) is 5.10 Å². The molecule has 0 unspecified atom stereocenters. The van der Waals surface area contributed by atoms with Crippen molar-refractivity contribution in [2.75, 3.05) is 16.5 Å². The van der Waals surface area contributed by atoms with Gasteiger partial charge in [-0.15, -0.1) is 0 Å². The fourth-order valence-corrected chi connectivity index (χ4v) is 4.06. The predicted octanol–water partition coefficient (Wildman–Crippen LogP) is 2.12. The predicted molar refractivity (Wildman–Crippen MR) is 118 cm³/mol. The molecule has 0 bridgehead atoms. The molecule has 3 rings (SSSR count). The van der Waals surface area contributed by atoms with Crippen molar-refractivity contribution in [1.29, 1.82) is 0 Å². The highest BCUT2D eigenvalue weighted by Crippen LogP contribution is 2.35. The molecule has 0 fully saturated rings. The molecule has 2 aromatic carbocycles. The first-order valence-electron chi connectivity index (χ1n) is 8.48. The Morgan fingerprint density at radius 1 is 1.28 bits per heavy atom. The first-order valence-corrected chi connectivity index (χ1v) is 10.8. The molecule has 29 heavy (non-hydrogen) atoms. The molecule has 0 atom stereocenters. The normalized spacial score (nSPS) is 15.0. The average Bonchev–Trinajstić information content (AvgIpc) is 2.90. The molecule has 8 nitrogen and oxygen atoms in total. The number of benzene rings is 2. The summed E-state index contributed by atoms with van der Waals surface area (Å²) in [6, 6.07) is 8.95. The van der Waals surface area contributed by atoms with Gasteiger partial charge in [-0.05, 0) is 68.0 Å². The van der Waals surface area contributed by atoms with Gasteiger partial charge < -0.3 is 10.6 Å². The maximum Gasteiger partial charge on any atom is 0.279 e. The smallest absolute Gasteiger partial charge is 0.279 e. The Morgan fingerprint density at radius 3 is 2.41 bits per heavy atom. The lowest BCUT2D eigenvalue weighted by atomic mass is 10.1. The number of fused-ring (bicyclic) bond motifs is 1. The van der Waals surface area contributed by atoms with Crippen molar-refractivity contribution >= 4 is 61.9 Å². The van der Waals surface area contributed by atoms with Crippen LogP contribution in [0.3, 0.4) is 0 Å². The van der Waals surface area contributed by atoms with Crippen LogP contribution in [0.4, 0.5) is 11.4 Å². The van der Waals surface area contributed by atoms with Crippen LogP contribution in [0.1, 0.15) is 18.1 Å². The van der Waals surface area contributed by atoms with Crippen molar-refractivity contribution in [2.24, 2.45) is 16.0 Å². The number of nitrogens with two attached hydrogens (primary N) is 2. The van der Waals surface area contributed by atoms with Gasteiger partial charge in [0.15, 0.2) is 10.8 Å². The van der Waals surface area contributed by atoms with E-state index in [-0.39, 0.29) is 21.6 Å². The second-order valence-corrected chi connectivity index (χ2v) is 8.72. The number of rotatable bonds is 4. The lowest BCUT2D eigenvalue weighted by molar-refractivity contribution is -0.112. The zero-order chi connectivity index (χ0) is 21.5. The van der Waals surface area contributed by atoms with Gasteiger partial charge in [-0.3, -0.25) is 4.79 Å². The fraction of sp³-hybridized carbons (Fsp3) is 0.167. The van der Waals surface area contributed by atoms with Gasteiger partial charge >= 0.3 is 0 Å². The van der Waals surface area contributed by atoms with E-state index in [1.807, 2.05) is 13.8 Å². The molecule has 4 N–H and O–H groups in total. The average molecular weight is 452 g/mol. The summed E-state index contributed by atoms with van der Waals surface area (Å²) in [6.07, 6.45) is 0. The number of likely N-dealkylation sites (N-methyl/N-ethyl adjacent to an activating group) is 1. The number of hydrogen-bond donors (Lipinski definition) is 2. The number of carbonyl (C=O) groups is 1. The van der Waals surface area contributed by atoms with Crippen molar-refractivity contribution in [2.45, 2.75) is 18.7 Å². The third-order valence-electron chi connectivity index (χ3n) is 4.37. The number of sulfonamides is 1. The van der Waals surface area contributed by atoms with Crippen molar-refractivity contribution in [3.8, 4) is 0 Å². The number of carbonyl (C=O) groups excluding carboxylic acids is 1. The topological polar surface area (TPSA) is 122 Å². The summed E-state index contributed by atoms with van der Waals surface area (Å²) in [4.78, 5) is 14.5. The van der Waals surface area contributed by atoms with Crippen molar-refractivity contribution in [3.05, 3.63) is 52.5 Å². The highest BCUT2D eigenvalue weighted by molar-refractivity contribution is 7.89. The number of nitrogens with zero attached hydrogens (tertiary/aromatic N) is 3. The first kappa shape index (κ1) is 21.2. The standard InChI is InChI=1S/C18H18ClN5O3S2/c1-3-23-16-10(2)8-11(19)9-14(16)15(17(23)25)22-24(18(20)28)12-4-6-13(7-5-12)29(21,26)27/h4-9H,3H2,1-2H3,(H2,20,28)(H2,21,26,27)/b22-15-. The summed E-state index contributed by atoms with van der Waals surface area (Å²) in [5, 5.41) is 11.1. The number of halogens is 1. The highest BCUT2D eigenvalue weighted by atomic mass is 35.5. The Balaban J connectivity index is 2.14. The molecule has 0 radical (unpaired) electrons. The van der Waals surface area contributed by atoms with Crippen LogP contribution in [0.2, 0.25) is 5.02 Å². The van der Waals surface area contributed by atoms with E-state index in [0.717, 1.165) is 11.3 Å². The third-order valence-corrected chi connectivity index (χ3v) is 5.69. The van der Waals surface area contributed by atoms with E-state index in [1.54, 1.807) is 17.0 Å². The summed E-state index contributed by atoms with van der Waals surface area (Å²) >= 11 is 11.3. The number of anilines is 2. The Kier molecular flexibility index (Phi) is 5.63. The molecule has 0 spiro atoms. The van der Waals surface area contributed by atoms with Gasteiger partial charge in [0.25, 0.3) is 5.91 Å². The number of primary sulfonamides is 1. The van der Waals surface area contributed by atoms with Gasteiger partial charge in [0.1, 0.15) is 0 Å². The van der Waals surface area contributed by atoms with Gasteiger partial charge in [0, 0.05) is 17.1 Å². The van der Waals surface area contributed by atoms with E-state index in [4.69, 9.17) is 34.7 Å². The van der Waals surface area contributed by atoms with Crippen LogP contribution in [0, 0.1) is 6.92 Å². The zero-order valence-electron chi connectivity index (χ0n) is 15.6. The molecule has 0 saturated heterocycles. The quantitative estimate of drug-likeness (QED) is 0.542. The van der Waals surface area contributed by atoms with Crippen molar-refractivity contribution < 1.29 is 13.2 Å². The summed E-state index contributed by atoms with van der Waals surface area (Å²) in [6.45, 7) is 4.17. The Morgan fingerprint density at radius 2 is 1.90 bits per heavy atom. The minimum absolute atomic E-state index is 0.0707. The van der Waals surface area contributed by atoms with Crippen molar-refractivity contribution in [3.63, 3.8) is 0 Å². The Labute approximate surface area is 178 Å². The van der Waals surface area contributed by atoms with Crippen LogP contribution in [0.25, 0.3) is 0 Å². The van der Waals surface area contributed by atoms with E-state index in [1.165, 1.54) is 29.3 Å². The van der Waals surface area contributed by atoms with Gasteiger partial charge in [0.05, 0.1) is 16.3 Å². The molecule has 1 heterocycles. The lowest BCUT2D eigenvalue weighted by Crippen LogP contribution is -2.35. The van der Waals surface area contributed by atoms with Gasteiger partial charge in [-0.25, -0.2) is 18.6 Å². The molecule has 11 heteroatoms. The van der Waals surface area contributed by atoms with E-state index in [0.29, 0.717) is 22.8 Å². The summed E-state index contributed by atoms with van der Waals surface area (Å²) in [7, 11) is -3.85. The lowest BCUT2D eigenvalue weighted by Gasteiger charge is -2.18. The molecule has 0 aliphatic carbocycles. The minimum atomic E-state index is -3.85. The van der Waals surface area contributed by atoms with Crippen LogP contribution >= 0.6 is 23.8 Å². The largest absolute Gasteiger partial charge is 0.374 e. The second-order valence-electron chi connectivity index (χ2n) is 6.31. The molecular weight excluding hydrogens is 434 g/mol. The fourth-order valence-electron chi connectivity index (χ4n) is 3.13. The number of amides is 1. The summed E-state index contributed by atoms with van der Waals surface area (Å²) < 4.78 is 22.9. The zero-order valence-corrected chi connectivity index (χ0v) is 18.0. The van der Waals surface area contributed by atoms with E-state index >= 15 is 0 Å². The summed E-state index contributed by atoms with van der Waals surface area (Å²) in [5.41, 5.74) is 8.47. The molecule has 1 aliphatic rings. The van der Waals surface area contributed by atoms with Crippen molar-refractivity contribution in [1.82, 2.24) is 0 Å². The van der Waals surface area contributed by atoms with Gasteiger partial charge in [-0.1, -0.05) is 11.6 Å². The maximum atomic E-state index is 13.0. The molecule has 1 amide bonds. The SMILES string of the molecule is CCN1C(=O)/C(=N\N(C(N)=S)c2ccc(S(N)(=O)=O)cc2)c2cc(Cl)cc(C)c21. The molecule has 0 aromatic heterocycles. The minimum Gasteiger partial charge on any atom is -0.374 e. The Bertz CT molecular complexity index is 1150. The van der Waals surface area contributed by atoms with Crippen LogP contribution in [0.15, 0.2) is 46.4 Å². The second kappa shape index (κ2) is 7.71. The Hall–Kier alpha value is -2.53. The molecule has 2 aromatic rings. The van der Waals surface area contributed by atoms with E-state index in [2.05, 4.69) is 5.10 Å². The molecular formula is C18H18ClN5O3S2. The van der Waals surface area contributed by atoms with E-state index in [9.17, 15) is 13.2 Å². The van der Waals surface area contributed by atoms with E-state index < -0.39 is 10.0 Å². The number of hydrogen-bond acceptors (Lipinski definition) is 5. The number of thiocarbonyl (C=S) groups is 1. The third kappa shape index (κ3) is 3.97. The summed E-state index contributed by atoms with van der Waals surface area (Å²) in [5.74, 6) is -0.310. The molecule has 152 valence electrons. The first-order chi connectivity index (χ1) is 13.5. The number of hydrazone groups is 1. The van der Waals surface area contributed by atoms with Gasteiger partial charge in [0.2, 0.25) is 10.0 Å². The highest BCUT2D eigenvalue weighted by Gasteiger charge is 2.35.